The molecule has 1 heterocycles. The Morgan fingerprint density at radius 3 is 2.20 bits per heavy atom. The molecule has 0 aliphatic rings. The second-order valence-corrected chi connectivity index (χ2v) is 5.23. The van der Waals surface area contributed by atoms with Gasteiger partial charge in [0.2, 0.25) is 0 Å². The van der Waals surface area contributed by atoms with Gasteiger partial charge in [0.15, 0.2) is 0 Å². The average Bonchev–Trinajstić information content (AvgIpc) is 2.89. The quantitative estimate of drug-likeness (QED) is 0.679. The predicted octanol–water partition coefficient (Wildman–Crippen LogP) is 4.45. The highest BCUT2D eigenvalue weighted by molar-refractivity contribution is 5.82. The van der Waals surface area contributed by atoms with Crippen LogP contribution in [0.1, 0.15) is 18.4 Å². The number of hydrogen-bond acceptors (Lipinski definition) is 1. The van der Waals surface area contributed by atoms with E-state index in [2.05, 4.69) is 60.3 Å². The summed E-state index contributed by atoms with van der Waals surface area (Å²) < 4.78 is 7.72. The van der Waals surface area contributed by atoms with Crippen molar-refractivity contribution in [3.05, 3.63) is 66.5 Å². The van der Waals surface area contributed by atoms with Crippen molar-refractivity contribution in [1.82, 2.24) is 4.57 Å². The Morgan fingerprint density at radius 2 is 1.55 bits per heavy atom. The molecule has 3 aromatic rings. The lowest BCUT2D eigenvalue weighted by Gasteiger charge is -2.16. The molecule has 0 radical (unpaired) electrons. The molecule has 0 saturated carbocycles. The molecule has 0 bridgehead atoms. The molecule has 20 heavy (non-hydrogen) atoms. The maximum atomic E-state index is 5.45. The standard InChI is InChI=1S/C18H19NO/c1-14(17-9-5-6-10-18(17)20-2)11-19-12-15-7-3-4-8-16(15)13-19/h3-10,12-14H,11H2,1-2H3. The van der Waals surface area contributed by atoms with E-state index in [0.29, 0.717) is 5.92 Å². The third-order valence-electron chi connectivity index (χ3n) is 3.76. The minimum Gasteiger partial charge on any atom is -0.496 e. The van der Waals surface area contributed by atoms with Gasteiger partial charge in [0, 0.05) is 24.9 Å². The van der Waals surface area contributed by atoms with Crippen molar-refractivity contribution < 1.29 is 4.74 Å². The number of hydrogen-bond donors (Lipinski definition) is 0. The summed E-state index contributed by atoms with van der Waals surface area (Å²) in [4.78, 5) is 0. The first-order chi connectivity index (χ1) is 9.78. The number of methoxy groups -OCH3 is 1. The molecular weight excluding hydrogens is 246 g/mol. The van der Waals surface area contributed by atoms with E-state index < -0.39 is 0 Å². The molecule has 2 aromatic carbocycles. The molecule has 3 rings (SSSR count). The number of ether oxygens (including phenoxy) is 1. The zero-order valence-electron chi connectivity index (χ0n) is 11.9. The first kappa shape index (κ1) is 12.8. The maximum Gasteiger partial charge on any atom is 0.122 e. The lowest BCUT2D eigenvalue weighted by atomic mass is 10.00. The summed E-state index contributed by atoms with van der Waals surface area (Å²) in [5.41, 5.74) is 1.26. The van der Waals surface area contributed by atoms with E-state index in [1.165, 1.54) is 16.3 Å². The van der Waals surface area contributed by atoms with Crippen LogP contribution in [0.3, 0.4) is 0 Å². The zero-order chi connectivity index (χ0) is 13.9. The van der Waals surface area contributed by atoms with Crippen LogP contribution >= 0.6 is 0 Å². The minimum atomic E-state index is 0.410. The Hall–Kier alpha value is -2.22. The van der Waals surface area contributed by atoms with E-state index in [-0.39, 0.29) is 0 Å². The lowest BCUT2D eigenvalue weighted by Crippen LogP contribution is -2.05. The van der Waals surface area contributed by atoms with Crippen molar-refractivity contribution in [1.29, 1.82) is 0 Å². The molecule has 0 saturated heterocycles. The molecule has 1 aromatic heterocycles. The molecule has 0 N–H and O–H groups in total. The van der Waals surface area contributed by atoms with Gasteiger partial charge in [-0.05, 0) is 22.4 Å². The highest BCUT2D eigenvalue weighted by Gasteiger charge is 2.11. The van der Waals surface area contributed by atoms with Gasteiger partial charge in [-0.15, -0.1) is 0 Å². The lowest BCUT2D eigenvalue weighted by molar-refractivity contribution is 0.403. The van der Waals surface area contributed by atoms with Crippen molar-refractivity contribution in [2.24, 2.45) is 0 Å². The molecule has 0 spiro atoms. The van der Waals surface area contributed by atoms with Crippen molar-refractivity contribution in [2.75, 3.05) is 7.11 Å². The van der Waals surface area contributed by atoms with Crippen LogP contribution in [0.5, 0.6) is 5.75 Å². The van der Waals surface area contributed by atoms with E-state index in [1.54, 1.807) is 7.11 Å². The highest BCUT2D eigenvalue weighted by Crippen LogP contribution is 2.28. The Labute approximate surface area is 119 Å². The highest BCUT2D eigenvalue weighted by atomic mass is 16.5. The van der Waals surface area contributed by atoms with Crippen molar-refractivity contribution >= 4 is 10.8 Å². The van der Waals surface area contributed by atoms with Crippen molar-refractivity contribution in [3.8, 4) is 5.75 Å². The Bertz CT molecular complexity index is 681. The van der Waals surface area contributed by atoms with Crippen LogP contribution in [0.25, 0.3) is 10.8 Å². The fourth-order valence-corrected chi connectivity index (χ4v) is 2.73. The minimum absolute atomic E-state index is 0.410. The van der Waals surface area contributed by atoms with Gasteiger partial charge >= 0.3 is 0 Å². The van der Waals surface area contributed by atoms with Gasteiger partial charge in [-0.1, -0.05) is 49.4 Å². The summed E-state index contributed by atoms with van der Waals surface area (Å²) in [5.74, 6) is 1.38. The third-order valence-corrected chi connectivity index (χ3v) is 3.76. The molecule has 1 unspecified atom stereocenters. The maximum absolute atomic E-state index is 5.45. The number of benzene rings is 2. The molecule has 0 amide bonds. The van der Waals surface area contributed by atoms with E-state index >= 15 is 0 Å². The van der Waals surface area contributed by atoms with E-state index in [0.717, 1.165) is 12.3 Å². The zero-order valence-corrected chi connectivity index (χ0v) is 11.9. The summed E-state index contributed by atoms with van der Waals surface area (Å²) in [6.45, 7) is 3.19. The molecule has 0 fully saturated rings. The van der Waals surface area contributed by atoms with Gasteiger partial charge in [0.1, 0.15) is 5.75 Å². The average molecular weight is 265 g/mol. The number of para-hydroxylation sites is 1. The number of fused-ring (bicyclic) bond motifs is 1. The number of aromatic nitrogens is 1. The predicted molar refractivity (Wildman–Crippen MR) is 83.3 cm³/mol. The van der Waals surface area contributed by atoms with Gasteiger partial charge in [-0.2, -0.15) is 0 Å². The first-order valence-electron chi connectivity index (χ1n) is 6.95. The molecule has 0 aliphatic heterocycles. The van der Waals surface area contributed by atoms with Gasteiger partial charge in [0.25, 0.3) is 0 Å². The Balaban J connectivity index is 1.86. The third kappa shape index (κ3) is 2.42. The molecule has 102 valence electrons. The molecule has 1 atom stereocenters. The second kappa shape index (κ2) is 5.41. The summed E-state index contributed by atoms with van der Waals surface area (Å²) in [6, 6.07) is 16.7. The van der Waals surface area contributed by atoms with Crippen LogP contribution in [0.15, 0.2) is 60.9 Å². The van der Waals surface area contributed by atoms with Crippen LogP contribution < -0.4 is 4.74 Å². The molecule has 2 heteroatoms. The molecular formula is C18H19NO. The molecule has 2 nitrogen and oxygen atoms in total. The normalized spacial score (nSPS) is 12.5. The van der Waals surface area contributed by atoms with Gasteiger partial charge < -0.3 is 9.30 Å². The van der Waals surface area contributed by atoms with E-state index in [4.69, 9.17) is 4.74 Å². The second-order valence-electron chi connectivity index (χ2n) is 5.23. The van der Waals surface area contributed by atoms with Crippen molar-refractivity contribution in [2.45, 2.75) is 19.4 Å². The van der Waals surface area contributed by atoms with Crippen LogP contribution in [-0.2, 0) is 6.54 Å². The van der Waals surface area contributed by atoms with E-state index in [9.17, 15) is 0 Å². The topological polar surface area (TPSA) is 14.2 Å². The van der Waals surface area contributed by atoms with Crippen LogP contribution in [0, 0.1) is 0 Å². The fourth-order valence-electron chi connectivity index (χ4n) is 2.73. The Morgan fingerprint density at radius 1 is 0.950 bits per heavy atom. The SMILES string of the molecule is COc1ccccc1C(C)Cn1cc2ccccc2c1. The summed E-state index contributed by atoms with van der Waals surface area (Å²) in [5, 5.41) is 2.58. The van der Waals surface area contributed by atoms with Crippen LogP contribution in [0.4, 0.5) is 0 Å². The molecule has 0 aliphatic carbocycles. The number of rotatable bonds is 4. The Kier molecular flexibility index (Phi) is 3.46. The summed E-state index contributed by atoms with van der Waals surface area (Å²) >= 11 is 0. The van der Waals surface area contributed by atoms with E-state index in [1.807, 2.05) is 12.1 Å². The van der Waals surface area contributed by atoms with Crippen LogP contribution in [0.2, 0.25) is 0 Å². The van der Waals surface area contributed by atoms with Gasteiger partial charge in [0.05, 0.1) is 7.11 Å². The van der Waals surface area contributed by atoms with Crippen molar-refractivity contribution in [3.63, 3.8) is 0 Å². The summed E-state index contributed by atoms with van der Waals surface area (Å²) in [6.07, 6.45) is 4.42. The fraction of sp³-hybridized carbons (Fsp3) is 0.222. The van der Waals surface area contributed by atoms with Crippen LogP contribution in [-0.4, -0.2) is 11.7 Å². The summed E-state index contributed by atoms with van der Waals surface area (Å²) in [7, 11) is 1.73. The number of nitrogens with zero attached hydrogens (tertiary/aromatic N) is 1. The van der Waals surface area contributed by atoms with Gasteiger partial charge in [-0.3, -0.25) is 0 Å². The first-order valence-corrected chi connectivity index (χ1v) is 6.95. The largest absolute Gasteiger partial charge is 0.496 e. The smallest absolute Gasteiger partial charge is 0.122 e. The monoisotopic (exact) mass is 265 g/mol. The van der Waals surface area contributed by atoms with Gasteiger partial charge in [-0.25, -0.2) is 0 Å².